The molecule has 3 nitrogen and oxygen atoms in total. The Morgan fingerprint density at radius 2 is 1.58 bits per heavy atom. The Kier molecular flexibility index (Phi) is 5.40. The number of halogens is 4. The number of ether oxygens (including phenoxy) is 1. The topological polar surface area (TPSA) is 38.3 Å². The summed E-state index contributed by atoms with van der Waals surface area (Å²) in [5.74, 6) is -2.28. The minimum Gasteiger partial charge on any atom is -0.454 e. The minimum absolute atomic E-state index is 0.228. The maximum Gasteiger partial charge on any atom is 0.261 e. The fraction of sp³-hybridized carbons (Fsp3) is 0. The molecule has 0 fully saturated rings. The molecule has 0 radical (unpaired) electrons. The number of anilines is 1. The van der Waals surface area contributed by atoms with Gasteiger partial charge in [-0.05, 0) is 42.5 Å². The van der Waals surface area contributed by atoms with Crippen molar-refractivity contribution in [1.82, 2.24) is 0 Å². The first kappa shape index (κ1) is 18.2. The van der Waals surface area contributed by atoms with Crippen LogP contribution in [0.2, 0.25) is 10.0 Å². The zero-order valence-corrected chi connectivity index (χ0v) is 14.6. The van der Waals surface area contributed by atoms with Gasteiger partial charge < -0.3 is 10.1 Å². The van der Waals surface area contributed by atoms with Gasteiger partial charge in [0.2, 0.25) is 0 Å². The Hall–Kier alpha value is -2.63. The molecule has 1 amide bonds. The van der Waals surface area contributed by atoms with E-state index in [0.717, 1.165) is 12.1 Å². The maximum atomic E-state index is 13.8. The van der Waals surface area contributed by atoms with Gasteiger partial charge >= 0.3 is 0 Å². The van der Waals surface area contributed by atoms with Gasteiger partial charge in [-0.2, -0.15) is 0 Å². The van der Waals surface area contributed by atoms with Crippen LogP contribution in [0.4, 0.5) is 14.5 Å². The summed E-state index contributed by atoms with van der Waals surface area (Å²) < 4.78 is 33.3. The summed E-state index contributed by atoms with van der Waals surface area (Å²) in [7, 11) is 0. The van der Waals surface area contributed by atoms with Gasteiger partial charge in [0, 0.05) is 5.02 Å². The van der Waals surface area contributed by atoms with Gasteiger partial charge in [-0.3, -0.25) is 4.79 Å². The van der Waals surface area contributed by atoms with Crippen molar-refractivity contribution in [1.29, 1.82) is 0 Å². The molecule has 0 bridgehead atoms. The summed E-state index contributed by atoms with van der Waals surface area (Å²) in [5.41, 5.74) is -0.446. The van der Waals surface area contributed by atoms with Crippen LogP contribution in [-0.2, 0) is 0 Å². The zero-order valence-electron chi connectivity index (χ0n) is 13.1. The van der Waals surface area contributed by atoms with E-state index in [-0.39, 0.29) is 16.5 Å². The standard InChI is InChI=1S/C19H11Cl2F2NO2/c20-11-8-9-16(12(21)10-11)26-17-7-2-1-6-15(17)24-19(25)18-13(22)4-3-5-14(18)23/h1-10H,(H,24,25). The fourth-order valence-corrected chi connectivity index (χ4v) is 2.68. The van der Waals surface area contributed by atoms with Gasteiger partial charge in [-0.1, -0.05) is 41.4 Å². The summed E-state index contributed by atoms with van der Waals surface area (Å²) in [6.45, 7) is 0. The first-order chi connectivity index (χ1) is 12.5. The fourth-order valence-electron chi connectivity index (χ4n) is 2.23. The van der Waals surface area contributed by atoms with Gasteiger partial charge in [0.15, 0.2) is 5.75 Å². The Balaban J connectivity index is 1.89. The second-order valence-corrected chi connectivity index (χ2v) is 6.07. The molecule has 132 valence electrons. The molecule has 0 aromatic heterocycles. The molecule has 7 heteroatoms. The first-order valence-corrected chi connectivity index (χ1v) is 8.18. The van der Waals surface area contributed by atoms with Gasteiger partial charge in [0.05, 0.1) is 10.7 Å². The lowest BCUT2D eigenvalue weighted by molar-refractivity contribution is 0.101. The molecule has 0 aliphatic carbocycles. The molecule has 3 aromatic carbocycles. The monoisotopic (exact) mass is 393 g/mol. The smallest absolute Gasteiger partial charge is 0.261 e. The molecule has 0 saturated carbocycles. The van der Waals surface area contributed by atoms with Crippen LogP contribution in [0.25, 0.3) is 0 Å². The summed E-state index contributed by atoms with van der Waals surface area (Å²) in [4.78, 5) is 12.3. The highest BCUT2D eigenvalue weighted by molar-refractivity contribution is 6.35. The second-order valence-electron chi connectivity index (χ2n) is 5.22. The number of para-hydroxylation sites is 2. The van der Waals surface area contributed by atoms with Crippen LogP contribution in [0.3, 0.4) is 0 Å². The molecule has 1 N–H and O–H groups in total. The van der Waals surface area contributed by atoms with E-state index in [4.69, 9.17) is 27.9 Å². The van der Waals surface area contributed by atoms with Crippen molar-refractivity contribution >= 4 is 34.8 Å². The highest BCUT2D eigenvalue weighted by atomic mass is 35.5. The number of carbonyl (C=O) groups is 1. The van der Waals surface area contributed by atoms with Crippen LogP contribution >= 0.6 is 23.2 Å². The van der Waals surface area contributed by atoms with E-state index in [2.05, 4.69) is 5.32 Å². The molecule has 0 atom stereocenters. The third kappa shape index (κ3) is 3.95. The largest absolute Gasteiger partial charge is 0.454 e. The average Bonchev–Trinajstić information content (AvgIpc) is 2.59. The quantitative estimate of drug-likeness (QED) is 0.563. The Bertz CT molecular complexity index is 959. The van der Waals surface area contributed by atoms with Gasteiger partial charge in [-0.15, -0.1) is 0 Å². The highest BCUT2D eigenvalue weighted by Gasteiger charge is 2.18. The third-order valence-corrected chi connectivity index (χ3v) is 3.97. The molecule has 0 saturated heterocycles. The minimum atomic E-state index is -0.957. The molecule has 26 heavy (non-hydrogen) atoms. The van der Waals surface area contributed by atoms with Crippen molar-refractivity contribution in [3.05, 3.63) is 87.9 Å². The number of benzene rings is 3. The number of hydrogen-bond acceptors (Lipinski definition) is 2. The van der Waals surface area contributed by atoms with E-state index >= 15 is 0 Å². The summed E-state index contributed by atoms with van der Waals surface area (Å²) >= 11 is 11.9. The molecule has 3 rings (SSSR count). The number of carbonyl (C=O) groups excluding carboxylic acids is 1. The molecule has 0 aliphatic heterocycles. The highest BCUT2D eigenvalue weighted by Crippen LogP contribution is 2.35. The van der Waals surface area contributed by atoms with E-state index < -0.39 is 23.1 Å². The number of amides is 1. The summed E-state index contributed by atoms with van der Waals surface area (Å²) in [5, 5.41) is 3.17. The van der Waals surface area contributed by atoms with Crippen molar-refractivity contribution < 1.29 is 18.3 Å². The van der Waals surface area contributed by atoms with E-state index in [1.165, 1.54) is 18.2 Å². The maximum absolute atomic E-state index is 13.8. The second kappa shape index (κ2) is 7.72. The van der Waals surface area contributed by atoms with E-state index in [0.29, 0.717) is 10.8 Å². The summed E-state index contributed by atoms with van der Waals surface area (Å²) in [6.07, 6.45) is 0. The molecular weight excluding hydrogens is 383 g/mol. The molecule has 0 heterocycles. The number of rotatable bonds is 4. The van der Waals surface area contributed by atoms with Crippen LogP contribution in [0.1, 0.15) is 10.4 Å². The van der Waals surface area contributed by atoms with Crippen molar-refractivity contribution in [3.8, 4) is 11.5 Å². The lowest BCUT2D eigenvalue weighted by atomic mass is 10.1. The van der Waals surface area contributed by atoms with Gasteiger partial charge in [-0.25, -0.2) is 8.78 Å². The van der Waals surface area contributed by atoms with Crippen LogP contribution in [0.15, 0.2) is 60.7 Å². The van der Waals surface area contributed by atoms with Crippen molar-refractivity contribution in [2.24, 2.45) is 0 Å². The van der Waals surface area contributed by atoms with Gasteiger partial charge in [0.25, 0.3) is 5.91 Å². The van der Waals surface area contributed by atoms with Gasteiger partial charge in [0.1, 0.15) is 22.9 Å². The van der Waals surface area contributed by atoms with Crippen molar-refractivity contribution in [2.75, 3.05) is 5.32 Å². The molecule has 3 aromatic rings. The molecular formula is C19H11Cl2F2NO2. The number of nitrogens with one attached hydrogen (secondary N) is 1. The van der Waals surface area contributed by atoms with E-state index in [1.54, 1.807) is 30.3 Å². The Labute approximate surface area is 158 Å². The third-order valence-electron chi connectivity index (χ3n) is 3.44. The Morgan fingerprint density at radius 1 is 0.885 bits per heavy atom. The van der Waals surface area contributed by atoms with Crippen LogP contribution < -0.4 is 10.1 Å². The first-order valence-electron chi connectivity index (χ1n) is 7.43. The average molecular weight is 394 g/mol. The Morgan fingerprint density at radius 3 is 2.27 bits per heavy atom. The van der Waals surface area contributed by atoms with Crippen LogP contribution in [-0.4, -0.2) is 5.91 Å². The number of hydrogen-bond donors (Lipinski definition) is 1. The predicted molar refractivity (Wildman–Crippen MR) is 97.3 cm³/mol. The van der Waals surface area contributed by atoms with Crippen molar-refractivity contribution in [2.45, 2.75) is 0 Å². The normalized spacial score (nSPS) is 10.5. The lowest BCUT2D eigenvalue weighted by Gasteiger charge is -2.13. The zero-order chi connectivity index (χ0) is 18.7. The molecule has 0 spiro atoms. The molecule has 0 aliphatic rings. The SMILES string of the molecule is O=C(Nc1ccccc1Oc1ccc(Cl)cc1Cl)c1c(F)cccc1F. The summed E-state index contributed by atoms with van der Waals surface area (Å²) in [6, 6.07) is 14.3. The lowest BCUT2D eigenvalue weighted by Crippen LogP contribution is -2.16. The van der Waals surface area contributed by atoms with E-state index in [9.17, 15) is 13.6 Å². The van der Waals surface area contributed by atoms with E-state index in [1.807, 2.05) is 0 Å². The van der Waals surface area contributed by atoms with Crippen molar-refractivity contribution in [3.63, 3.8) is 0 Å². The van der Waals surface area contributed by atoms with Crippen LogP contribution in [0.5, 0.6) is 11.5 Å². The van der Waals surface area contributed by atoms with Crippen LogP contribution in [0, 0.1) is 11.6 Å². The molecule has 0 unspecified atom stereocenters. The predicted octanol–water partition coefficient (Wildman–Crippen LogP) is 6.32.